The van der Waals surface area contributed by atoms with E-state index in [1.54, 1.807) is 0 Å². The van der Waals surface area contributed by atoms with E-state index in [4.69, 9.17) is 0 Å². The first-order valence-corrected chi connectivity index (χ1v) is 7.89. The summed E-state index contributed by atoms with van der Waals surface area (Å²) in [6, 6.07) is 17.9. The largest absolute Gasteiger partial charge is 0.0767 e. The molecule has 0 saturated carbocycles. The number of rotatable bonds is 0. The van der Waals surface area contributed by atoms with Gasteiger partial charge in [-0.3, -0.25) is 0 Å². The van der Waals surface area contributed by atoms with Gasteiger partial charge in [0.15, 0.2) is 0 Å². The zero-order chi connectivity index (χ0) is 14.5. The molecule has 0 aliphatic heterocycles. The van der Waals surface area contributed by atoms with E-state index in [1.807, 2.05) is 0 Å². The van der Waals surface area contributed by atoms with E-state index < -0.39 is 0 Å². The summed E-state index contributed by atoms with van der Waals surface area (Å²) in [6.45, 7) is 0. The number of hydrogen-bond acceptors (Lipinski definition) is 0. The predicted octanol–water partition coefficient (Wildman–Crippen LogP) is 5.67. The normalized spacial score (nSPS) is 19.1. The molecule has 3 aromatic carbocycles. The Morgan fingerprint density at radius 1 is 0.818 bits per heavy atom. The highest BCUT2D eigenvalue weighted by Crippen LogP contribution is 2.37. The van der Waals surface area contributed by atoms with Crippen LogP contribution in [0.1, 0.15) is 11.1 Å². The fourth-order valence-corrected chi connectivity index (χ4v) is 3.77. The molecule has 0 aromatic heterocycles. The molecule has 0 nitrogen and oxygen atoms in total. The van der Waals surface area contributed by atoms with Gasteiger partial charge in [0.25, 0.3) is 0 Å². The van der Waals surface area contributed by atoms with E-state index in [2.05, 4.69) is 78.9 Å². The SMILES string of the molecule is C1=CC2=Cc3c(ccc4cc5ccccc5cc34)CC2C=C1. The fourth-order valence-electron chi connectivity index (χ4n) is 3.77. The minimum absolute atomic E-state index is 0.551. The smallest absolute Gasteiger partial charge is 0.00619 e. The van der Waals surface area contributed by atoms with Crippen LogP contribution in [0, 0.1) is 5.92 Å². The maximum absolute atomic E-state index is 2.39. The maximum atomic E-state index is 2.39. The van der Waals surface area contributed by atoms with Crippen LogP contribution in [0.5, 0.6) is 0 Å². The van der Waals surface area contributed by atoms with Crippen molar-refractivity contribution in [1.29, 1.82) is 0 Å². The summed E-state index contributed by atoms with van der Waals surface area (Å²) in [5.41, 5.74) is 4.32. The fraction of sp³-hybridized carbons (Fsp3) is 0.0909. The van der Waals surface area contributed by atoms with Crippen molar-refractivity contribution in [2.75, 3.05) is 0 Å². The van der Waals surface area contributed by atoms with Gasteiger partial charge in [0.05, 0.1) is 0 Å². The quantitative estimate of drug-likeness (QED) is 0.465. The molecule has 0 heteroatoms. The zero-order valence-corrected chi connectivity index (χ0v) is 12.3. The van der Waals surface area contributed by atoms with Crippen molar-refractivity contribution in [3.63, 3.8) is 0 Å². The second-order valence-electron chi connectivity index (χ2n) is 6.26. The Balaban J connectivity index is 1.83. The van der Waals surface area contributed by atoms with Crippen molar-refractivity contribution in [1.82, 2.24) is 0 Å². The second kappa shape index (κ2) is 4.45. The molecule has 0 radical (unpaired) electrons. The second-order valence-corrected chi connectivity index (χ2v) is 6.26. The molecule has 104 valence electrons. The van der Waals surface area contributed by atoms with Crippen LogP contribution in [0.3, 0.4) is 0 Å². The van der Waals surface area contributed by atoms with Gasteiger partial charge in [0, 0.05) is 5.92 Å². The lowest BCUT2D eigenvalue weighted by molar-refractivity contribution is 0.760. The molecule has 0 bridgehead atoms. The first-order valence-electron chi connectivity index (χ1n) is 7.89. The first-order chi connectivity index (χ1) is 10.9. The Morgan fingerprint density at radius 2 is 1.68 bits per heavy atom. The van der Waals surface area contributed by atoms with Crippen molar-refractivity contribution in [3.05, 3.63) is 89.5 Å². The van der Waals surface area contributed by atoms with Crippen LogP contribution in [0.4, 0.5) is 0 Å². The molecule has 5 rings (SSSR count). The third kappa shape index (κ3) is 1.70. The Labute approximate surface area is 130 Å². The number of fused-ring (bicyclic) bond motifs is 5. The summed E-state index contributed by atoms with van der Waals surface area (Å²) in [6.07, 6.45) is 12.4. The molecule has 1 atom stereocenters. The van der Waals surface area contributed by atoms with Crippen molar-refractivity contribution < 1.29 is 0 Å². The van der Waals surface area contributed by atoms with E-state index in [9.17, 15) is 0 Å². The minimum Gasteiger partial charge on any atom is -0.0767 e. The molecule has 0 spiro atoms. The molecule has 2 aliphatic carbocycles. The van der Waals surface area contributed by atoms with Gasteiger partial charge in [-0.25, -0.2) is 0 Å². The van der Waals surface area contributed by atoms with E-state index >= 15 is 0 Å². The Morgan fingerprint density at radius 3 is 2.59 bits per heavy atom. The zero-order valence-electron chi connectivity index (χ0n) is 12.3. The van der Waals surface area contributed by atoms with Crippen LogP contribution < -0.4 is 0 Å². The average Bonchev–Trinajstić information content (AvgIpc) is 2.58. The van der Waals surface area contributed by atoms with Crippen LogP contribution in [0.25, 0.3) is 27.6 Å². The molecular weight excluding hydrogens is 264 g/mol. The lowest BCUT2D eigenvalue weighted by Gasteiger charge is -2.25. The van der Waals surface area contributed by atoms with Crippen LogP contribution in [0.15, 0.2) is 78.4 Å². The van der Waals surface area contributed by atoms with Gasteiger partial charge in [0.1, 0.15) is 0 Å². The van der Waals surface area contributed by atoms with Gasteiger partial charge in [0.2, 0.25) is 0 Å². The standard InChI is InChI=1S/C22H16/c1-3-7-17-13-21-19(11-15(17)5-1)9-10-20-12-16-6-2-4-8-18(16)14-22(20)21/h1-11,13-14,16H,12H2. The van der Waals surface area contributed by atoms with E-state index in [1.165, 1.54) is 38.2 Å². The summed E-state index contributed by atoms with van der Waals surface area (Å²) >= 11 is 0. The van der Waals surface area contributed by atoms with E-state index in [0.29, 0.717) is 5.92 Å². The van der Waals surface area contributed by atoms with Crippen molar-refractivity contribution in [3.8, 4) is 0 Å². The third-order valence-corrected chi connectivity index (χ3v) is 4.94. The predicted molar refractivity (Wildman–Crippen MR) is 94.9 cm³/mol. The topological polar surface area (TPSA) is 0 Å². The molecule has 0 fully saturated rings. The van der Waals surface area contributed by atoms with Crippen LogP contribution in [0.2, 0.25) is 0 Å². The van der Waals surface area contributed by atoms with Gasteiger partial charge in [-0.05, 0) is 56.8 Å². The minimum atomic E-state index is 0.551. The van der Waals surface area contributed by atoms with Gasteiger partial charge >= 0.3 is 0 Å². The average molecular weight is 280 g/mol. The molecule has 0 amide bonds. The Bertz CT molecular complexity index is 999. The Hall–Kier alpha value is -2.60. The van der Waals surface area contributed by atoms with Crippen molar-refractivity contribution >= 4 is 27.6 Å². The van der Waals surface area contributed by atoms with Crippen LogP contribution in [-0.2, 0) is 6.42 Å². The van der Waals surface area contributed by atoms with Gasteiger partial charge in [-0.2, -0.15) is 0 Å². The van der Waals surface area contributed by atoms with Crippen molar-refractivity contribution in [2.24, 2.45) is 5.92 Å². The lowest BCUT2D eigenvalue weighted by atomic mass is 9.80. The summed E-state index contributed by atoms with van der Waals surface area (Å²) < 4.78 is 0. The molecule has 3 aromatic rings. The molecule has 0 saturated heterocycles. The molecule has 1 unspecified atom stereocenters. The van der Waals surface area contributed by atoms with Crippen LogP contribution in [-0.4, -0.2) is 0 Å². The highest BCUT2D eigenvalue weighted by atomic mass is 14.2. The molecule has 2 aliphatic rings. The number of hydrogen-bond donors (Lipinski definition) is 0. The van der Waals surface area contributed by atoms with Gasteiger partial charge in [-0.1, -0.05) is 66.8 Å². The van der Waals surface area contributed by atoms with Crippen molar-refractivity contribution in [2.45, 2.75) is 6.42 Å². The van der Waals surface area contributed by atoms with Gasteiger partial charge < -0.3 is 0 Å². The maximum Gasteiger partial charge on any atom is 0.00619 e. The van der Waals surface area contributed by atoms with Crippen LogP contribution >= 0.6 is 0 Å². The summed E-state index contributed by atoms with van der Waals surface area (Å²) in [5, 5.41) is 5.35. The summed E-state index contributed by atoms with van der Waals surface area (Å²) in [7, 11) is 0. The highest BCUT2D eigenvalue weighted by Gasteiger charge is 2.20. The Kier molecular flexibility index (Phi) is 2.42. The van der Waals surface area contributed by atoms with E-state index in [0.717, 1.165) is 6.42 Å². The monoisotopic (exact) mass is 280 g/mol. The van der Waals surface area contributed by atoms with Gasteiger partial charge in [-0.15, -0.1) is 0 Å². The highest BCUT2D eigenvalue weighted by molar-refractivity contribution is 6.02. The molecular formula is C22H16. The number of allylic oxidation sites excluding steroid dienone is 5. The molecule has 22 heavy (non-hydrogen) atoms. The first kappa shape index (κ1) is 12.0. The lowest BCUT2D eigenvalue weighted by Crippen LogP contribution is -2.11. The summed E-state index contributed by atoms with van der Waals surface area (Å²) in [4.78, 5) is 0. The molecule has 0 heterocycles. The third-order valence-electron chi connectivity index (χ3n) is 4.94. The number of benzene rings is 3. The molecule has 0 N–H and O–H groups in total. The summed E-state index contributed by atoms with van der Waals surface area (Å²) in [5.74, 6) is 0.551. The van der Waals surface area contributed by atoms with E-state index in [-0.39, 0.29) is 0 Å².